The van der Waals surface area contributed by atoms with Crippen molar-refractivity contribution < 1.29 is 4.74 Å². The Morgan fingerprint density at radius 3 is 2.64 bits per heavy atom. The van der Waals surface area contributed by atoms with Gasteiger partial charge in [0.1, 0.15) is 5.82 Å². The monoisotopic (exact) mass is 377 g/mol. The maximum Gasteiger partial charge on any atom is 0.113 e. The number of para-hydroxylation sites is 2. The first-order chi connectivity index (χ1) is 13.7. The molecule has 3 aromatic rings. The number of hydrogen-bond acceptors (Lipinski definition) is 3. The minimum atomic E-state index is 0.541. The molecular formula is C24H31N3O. The molecule has 0 N–H and O–H groups in total. The summed E-state index contributed by atoms with van der Waals surface area (Å²) in [6.07, 6.45) is 3.51. The Kier molecular flexibility index (Phi) is 6.08. The molecule has 1 aliphatic heterocycles. The van der Waals surface area contributed by atoms with Crippen molar-refractivity contribution in [2.45, 2.75) is 38.6 Å². The number of benzene rings is 2. The molecule has 0 aliphatic carbocycles. The largest absolute Gasteiger partial charge is 0.383 e. The Hall–Kier alpha value is -2.17. The highest BCUT2D eigenvalue weighted by Gasteiger charge is 2.25. The lowest BCUT2D eigenvalue weighted by atomic mass is 9.95. The van der Waals surface area contributed by atoms with Gasteiger partial charge in [-0.25, -0.2) is 4.98 Å². The van der Waals surface area contributed by atoms with Crippen LogP contribution < -0.4 is 0 Å². The van der Waals surface area contributed by atoms with Crippen LogP contribution in [0.3, 0.4) is 0 Å². The van der Waals surface area contributed by atoms with E-state index < -0.39 is 0 Å². The van der Waals surface area contributed by atoms with Gasteiger partial charge >= 0.3 is 0 Å². The average Bonchev–Trinajstić information content (AvgIpc) is 3.10. The number of methoxy groups -OCH3 is 1. The summed E-state index contributed by atoms with van der Waals surface area (Å²) in [6, 6.07) is 17.4. The van der Waals surface area contributed by atoms with Gasteiger partial charge in [-0.2, -0.15) is 0 Å². The van der Waals surface area contributed by atoms with E-state index in [2.05, 4.69) is 64.9 Å². The van der Waals surface area contributed by atoms with Crippen molar-refractivity contribution in [1.82, 2.24) is 14.5 Å². The van der Waals surface area contributed by atoms with Gasteiger partial charge in [0.15, 0.2) is 0 Å². The Morgan fingerprint density at radius 1 is 1.04 bits per heavy atom. The van der Waals surface area contributed by atoms with Gasteiger partial charge < -0.3 is 14.2 Å². The van der Waals surface area contributed by atoms with E-state index in [-0.39, 0.29) is 0 Å². The fraction of sp³-hybridized carbons (Fsp3) is 0.458. The van der Waals surface area contributed by atoms with Crippen LogP contribution in [-0.2, 0) is 17.7 Å². The lowest BCUT2D eigenvalue weighted by molar-refractivity contribution is 0.183. The van der Waals surface area contributed by atoms with Crippen LogP contribution in [-0.4, -0.2) is 47.8 Å². The molecule has 0 amide bonds. The van der Waals surface area contributed by atoms with E-state index in [9.17, 15) is 0 Å². The number of hydrogen-bond donors (Lipinski definition) is 0. The molecule has 4 nitrogen and oxygen atoms in total. The van der Waals surface area contributed by atoms with Gasteiger partial charge in [-0.05, 0) is 57.0 Å². The van der Waals surface area contributed by atoms with Gasteiger partial charge in [0.25, 0.3) is 0 Å². The molecule has 148 valence electrons. The van der Waals surface area contributed by atoms with Gasteiger partial charge in [0.05, 0.1) is 17.6 Å². The van der Waals surface area contributed by atoms with Crippen molar-refractivity contribution in [2.75, 3.05) is 33.4 Å². The number of fused-ring (bicyclic) bond motifs is 1. The van der Waals surface area contributed by atoms with E-state index in [0.717, 1.165) is 44.7 Å². The Balaban J connectivity index is 1.40. The highest BCUT2D eigenvalue weighted by Crippen LogP contribution is 2.30. The Bertz CT molecular complexity index is 909. The number of piperidine rings is 1. The minimum absolute atomic E-state index is 0.541. The van der Waals surface area contributed by atoms with Crippen LogP contribution in [0.1, 0.15) is 35.7 Å². The van der Waals surface area contributed by atoms with Crippen molar-refractivity contribution in [3.63, 3.8) is 0 Å². The van der Waals surface area contributed by atoms with Crippen LogP contribution in [0.15, 0.2) is 48.5 Å². The summed E-state index contributed by atoms with van der Waals surface area (Å²) in [6.45, 7) is 7.23. The quantitative estimate of drug-likeness (QED) is 0.611. The molecule has 1 fully saturated rings. The minimum Gasteiger partial charge on any atom is -0.383 e. The van der Waals surface area contributed by atoms with Crippen LogP contribution in [0.2, 0.25) is 0 Å². The average molecular weight is 378 g/mol. The number of likely N-dealkylation sites (tertiary alicyclic amines) is 1. The molecule has 28 heavy (non-hydrogen) atoms. The zero-order chi connectivity index (χ0) is 19.3. The zero-order valence-corrected chi connectivity index (χ0v) is 17.1. The topological polar surface area (TPSA) is 30.3 Å². The molecule has 2 heterocycles. The lowest BCUT2D eigenvalue weighted by Gasteiger charge is -2.32. The lowest BCUT2D eigenvalue weighted by Crippen LogP contribution is -2.35. The second-order valence-electron chi connectivity index (χ2n) is 7.96. The number of nitrogens with zero attached hydrogens (tertiary/aromatic N) is 3. The molecule has 4 rings (SSSR count). The van der Waals surface area contributed by atoms with Gasteiger partial charge in [-0.15, -0.1) is 0 Å². The third-order valence-corrected chi connectivity index (χ3v) is 5.96. The van der Waals surface area contributed by atoms with E-state index in [1.54, 1.807) is 7.11 Å². The molecule has 0 atom stereocenters. The highest BCUT2D eigenvalue weighted by molar-refractivity contribution is 5.76. The zero-order valence-electron chi connectivity index (χ0n) is 17.1. The summed E-state index contributed by atoms with van der Waals surface area (Å²) in [5, 5.41) is 0. The standard InChI is InChI=1S/C24H31N3O/c1-19-6-5-7-20(18-19)10-13-26-14-11-21(12-15-26)24-25-22-8-3-4-9-23(22)27(24)16-17-28-2/h3-9,18,21H,10-17H2,1-2H3. The van der Waals surface area contributed by atoms with Crippen molar-refractivity contribution in [3.05, 3.63) is 65.5 Å². The number of ether oxygens (including phenoxy) is 1. The molecule has 0 radical (unpaired) electrons. The Morgan fingerprint density at radius 2 is 1.86 bits per heavy atom. The van der Waals surface area contributed by atoms with E-state index >= 15 is 0 Å². The van der Waals surface area contributed by atoms with Gasteiger partial charge in [0, 0.05) is 26.1 Å². The fourth-order valence-electron chi connectivity index (χ4n) is 4.39. The maximum absolute atomic E-state index is 5.35. The third-order valence-electron chi connectivity index (χ3n) is 5.96. The summed E-state index contributed by atoms with van der Waals surface area (Å²) in [5.41, 5.74) is 5.14. The van der Waals surface area contributed by atoms with Gasteiger partial charge in [-0.3, -0.25) is 0 Å². The van der Waals surface area contributed by atoms with Gasteiger partial charge in [-0.1, -0.05) is 42.0 Å². The third kappa shape index (κ3) is 4.29. The molecule has 0 saturated carbocycles. The molecule has 1 saturated heterocycles. The van der Waals surface area contributed by atoms with Crippen molar-refractivity contribution in [3.8, 4) is 0 Å². The van der Waals surface area contributed by atoms with Crippen LogP contribution in [0.25, 0.3) is 11.0 Å². The van der Waals surface area contributed by atoms with Crippen molar-refractivity contribution in [1.29, 1.82) is 0 Å². The number of aryl methyl sites for hydroxylation is 1. The van der Waals surface area contributed by atoms with E-state index in [4.69, 9.17) is 9.72 Å². The number of aromatic nitrogens is 2. The van der Waals surface area contributed by atoms with Crippen LogP contribution in [0.4, 0.5) is 0 Å². The predicted molar refractivity (Wildman–Crippen MR) is 115 cm³/mol. The molecule has 4 heteroatoms. The second-order valence-corrected chi connectivity index (χ2v) is 7.96. The summed E-state index contributed by atoms with van der Waals surface area (Å²) >= 11 is 0. The first-order valence-electron chi connectivity index (χ1n) is 10.5. The number of rotatable bonds is 7. The second kappa shape index (κ2) is 8.89. The fourth-order valence-corrected chi connectivity index (χ4v) is 4.39. The first kappa shape index (κ1) is 19.2. The maximum atomic E-state index is 5.35. The van der Waals surface area contributed by atoms with Crippen LogP contribution in [0, 0.1) is 6.92 Å². The summed E-state index contributed by atoms with van der Waals surface area (Å²) in [4.78, 5) is 7.62. The highest BCUT2D eigenvalue weighted by atomic mass is 16.5. The first-order valence-corrected chi connectivity index (χ1v) is 10.5. The SMILES string of the molecule is COCCn1c(C2CCN(CCc3cccc(C)c3)CC2)nc2ccccc21. The molecule has 1 aliphatic rings. The molecule has 0 bridgehead atoms. The molecule has 0 unspecified atom stereocenters. The molecule has 0 spiro atoms. The van der Waals surface area contributed by atoms with E-state index in [1.807, 2.05) is 0 Å². The summed E-state index contributed by atoms with van der Waals surface area (Å²) in [7, 11) is 1.77. The molecular weight excluding hydrogens is 346 g/mol. The summed E-state index contributed by atoms with van der Waals surface area (Å²) < 4.78 is 7.73. The Labute approximate surface area is 168 Å². The number of imidazole rings is 1. The molecule has 1 aromatic heterocycles. The summed E-state index contributed by atoms with van der Waals surface area (Å²) in [5.74, 6) is 1.79. The predicted octanol–water partition coefficient (Wildman–Crippen LogP) is 4.41. The smallest absolute Gasteiger partial charge is 0.113 e. The van der Waals surface area contributed by atoms with E-state index in [1.165, 1.54) is 35.3 Å². The van der Waals surface area contributed by atoms with Gasteiger partial charge in [0.2, 0.25) is 0 Å². The molecule has 2 aromatic carbocycles. The normalized spacial score (nSPS) is 16.1. The van der Waals surface area contributed by atoms with Crippen LogP contribution >= 0.6 is 0 Å². The van der Waals surface area contributed by atoms with Crippen molar-refractivity contribution >= 4 is 11.0 Å². The van der Waals surface area contributed by atoms with E-state index in [0.29, 0.717) is 5.92 Å². The van der Waals surface area contributed by atoms with Crippen LogP contribution in [0.5, 0.6) is 0 Å². The van der Waals surface area contributed by atoms with Crippen molar-refractivity contribution in [2.24, 2.45) is 0 Å².